The van der Waals surface area contributed by atoms with Crippen molar-refractivity contribution in [2.75, 3.05) is 0 Å². The summed E-state index contributed by atoms with van der Waals surface area (Å²) in [6.45, 7) is 0. The SMILES string of the molecule is Fc1nc(Cl)c(Cl)c(C(Cl)Cl)n1. The highest BCUT2D eigenvalue weighted by Crippen LogP contribution is 2.32. The van der Waals surface area contributed by atoms with E-state index < -0.39 is 10.9 Å². The first-order chi connectivity index (χ1) is 5.52. The van der Waals surface area contributed by atoms with Crippen molar-refractivity contribution in [1.29, 1.82) is 0 Å². The number of rotatable bonds is 1. The molecule has 0 unspecified atom stereocenters. The summed E-state index contributed by atoms with van der Waals surface area (Å²) in [5.41, 5.74) is -0.0301. The first-order valence-electron chi connectivity index (χ1n) is 2.69. The van der Waals surface area contributed by atoms with Crippen molar-refractivity contribution in [3.8, 4) is 0 Å². The van der Waals surface area contributed by atoms with Crippen LogP contribution in [0.5, 0.6) is 0 Å². The molecule has 1 rings (SSSR count). The van der Waals surface area contributed by atoms with Gasteiger partial charge in [0.15, 0.2) is 9.99 Å². The van der Waals surface area contributed by atoms with Crippen LogP contribution in [-0.2, 0) is 0 Å². The number of hydrogen-bond donors (Lipinski definition) is 0. The van der Waals surface area contributed by atoms with Gasteiger partial charge >= 0.3 is 6.08 Å². The molecule has 7 heteroatoms. The van der Waals surface area contributed by atoms with Gasteiger partial charge in [0, 0.05) is 0 Å². The maximum atomic E-state index is 12.5. The Labute approximate surface area is 87.6 Å². The largest absolute Gasteiger partial charge is 0.310 e. The summed E-state index contributed by atoms with van der Waals surface area (Å²) in [7, 11) is 0. The first-order valence-corrected chi connectivity index (χ1v) is 4.32. The van der Waals surface area contributed by atoms with Crippen molar-refractivity contribution in [1.82, 2.24) is 9.97 Å². The Hall–Kier alpha value is 0.170. The second kappa shape index (κ2) is 3.92. The van der Waals surface area contributed by atoms with Crippen molar-refractivity contribution in [3.63, 3.8) is 0 Å². The third kappa shape index (κ3) is 2.10. The fourth-order valence-corrected chi connectivity index (χ4v) is 1.34. The van der Waals surface area contributed by atoms with Crippen LogP contribution in [0.4, 0.5) is 4.39 Å². The molecule has 0 amide bonds. The lowest BCUT2D eigenvalue weighted by Crippen LogP contribution is -1.97. The van der Waals surface area contributed by atoms with Crippen LogP contribution in [-0.4, -0.2) is 9.97 Å². The molecule has 0 atom stereocenters. The molecule has 1 heterocycles. The van der Waals surface area contributed by atoms with Crippen molar-refractivity contribution in [2.24, 2.45) is 0 Å². The lowest BCUT2D eigenvalue weighted by molar-refractivity contribution is 0.534. The zero-order valence-electron chi connectivity index (χ0n) is 5.36. The molecule has 0 N–H and O–H groups in total. The molecule has 12 heavy (non-hydrogen) atoms. The van der Waals surface area contributed by atoms with Crippen molar-refractivity contribution in [3.05, 3.63) is 21.9 Å². The molecule has 0 radical (unpaired) electrons. The summed E-state index contributed by atoms with van der Waals surface area (Å²) in [6.07, 6.45) is -1.01. The first kappa shape index (κ1) is 10.3. The van der Waals surface area contributed by atoms with E-state index in [4.69, 9.17) is 46.4 Å². The van der Waals surface area contributed by atoms with Gasteiger partial charge in [-0.3, -0.25) is 0 Å². The minimum atomic E-state index is -1.02. The Morgan fingerprint density at radius 2 is 1.75 bits per heavy atom. The van der Waals surface area contributed by atoms with Crippen LogP contribution in [0, 0.1) is 6.08 Å². The molecule has 0 bridgehead atoms. The molecule has 0 spiro atoms. The second-order valence-electron chi connectivity index (χ2n) is 1.78. The lowest BCUT2D eigenvalue weighted by atomic mass is 10.4. The fraction of sp³-hybridized carbons (Fsp3) is 0.200. The Morgan fingerprint density at radius 3 is 2.25 bits per heavy atom. The van der Waals surface area contributed by atoms with Gasteiger partial charge in [0.1, 0.15) is 5.02 Å². The lowest BCUT2D eigenvalue weighted by Gasteiger charge is -2.03. The van der Waals surface area contributed by atoms with Gasteiger partial charge in [-0.25, -0.2) is 4.98 Å². The highest BCUT2D eigenvalue weighted by atomic mass is 35.5. The van der Waals surface area contributed by atoms with Crippen molar-refractivity contribution < 1.29 is 4.39 Å². The van der Waals surface area contributed by atoms with Gasteiger partial charge in [-0.1, -0.05) is 46.4 Å². The molecule has 1 aromatic heterocycles. The van der Waals surface area contributed by atoms with Crippen LogP contribution in [0.1, 0.15) is 10.5 Å². The van der Waals surface area contributed by atoms with E-state index in [2.05, 4.69) is 9.97 Å². The van der Waals surface area contributed by atoms with Crippen LogP contribution in [0.15, 0.2) is 0 Å². The summed E-state index contributed by atoms with van der Waals surface area (Å²) in [5.74, 6) is 0. The van der Waals surface area contributed by atoms with Crippen molar-refractivity contribution in [2.45, 2.75) is 4.84 Å². The summed E-state index contributed by atoms with van der Waals surface area (Å²) in [6, 6.07) is 0. The third-order valence-corrected chi connectivity index (χ3v) is 2.17. The van der Waals surface area contributed by atoms with Gasteiger partial charge in [0.2, 0.25) is 0 Å². The molecule has 1 aromatic rings. The van der Waals surface area contributed by atoms with Crippen LogP contribution < -0.4 is 0 Å². The van der Waals surface area contributed by atoms with E-state index in [0.717, 1.165) is 0 Å². The second-order valence-corrected chi connectivity index (χ2v) is 3.62. The molecule has 0 aromatic carbocycles. The molecule has 0 aliphatic rings. The smallest absolute Gasteiger partial charge is 0.203 e. The van der Waals surface area contributed by atoms with Crippen LogP contribution in [0.2, 0.25) is 10.2 Å². The Kier molecular flexibility index (Phi) is 3.35. The van der Waals surface area contributed by atoms with Gasteiger partial charge in [-0.05, 0) is 0 Å². The Morgan fingerprint density at radius 1 is 1.17 bits per heavy atom. The highest BCUT2D eigenvalue weighted by molar-refractivity contribution is 6.47. The number of hydrogen-bond acceptors (Lipinski definition) is 2. The molecule has 0 saturated heterocycles. The van der Waals surface area contributed by atoms with Crippen molar-refractivity contribution >= 4 is 46.4 Å². The van der Waals surface area contributed by atoms with E-state index in [1.807, 2.05) is 0 Å². The average molecular weight is 250 g/mol. The van der Waals surface area contributed by atoms with Crippen LogP contribution >= 0.6 is 46.4 Å². The van der Waals surface area contributed by atoms with E-state index in [9.17, 15) is 4.39 Å². The van der Waals surface area contributed by atoms with Gasteiger partial charge in [-0.15, -0.1) is 0 Å². The van der Waals surface area contributed by atoms with Crippen LogP contribution in [0.3, 0.4) is 0 Å². The molecule has 2 nitrogen and oxygen atoms in total. The normalized spacial score (nSPS) is 10.8. The number of alkyl halides is 2. The maximum absolute atomic E-state index is 12.5. The van der Waals surface area contributed by atoms with Gasteiger partial charge < -0.3 is 0 Å². The summed E-state index contributed by atoms with van der Waals surface area (Å²) in [5, 5.41) is -0.237. The number of nitrogens with zero attached hydrogens (tertiary/aromatic N) is 2. The standard InChI is InChI=1S/C5HCl4FN2/c6-1-2(3(7)8)11-5(10)12-4(1)9/h3H. The molecule has 66 valence electrons. The predicted octanol–water partition coefficient (Wildman–Crippen LogP) is 3.40. The molecular formula is C5HCl4FN2. The number of aromatic nitrogens is 2. The summed E-state index contributed by atoms with van der Waals surface area (Å²) in [4.78, 5) is 5.41. The number of halogens is 5. The van der Waals surface area contributed by atoms with E-state index in [1.54, 1.807) is 0 Å². The molecule has 0 fully saturated rings. The molecule has 0 aliphatic carbocycles. The average Bonchev–Trinajstić information content (AvgIpc) is 1.96. The van der Waals surface area contributed by atoms with E-state index in [-0.39, 0.29) is 15.9 Å². The molecule has 0 aliphatic heterocycles. The highest BCUT2D eigenvalue weighted by Gasteiger charge is 2.16. The fourth-order valence-electron chi connectivity index (χ4n) is 0.554. The quantitative estimate of drug-likeness (QED) is 0.433. The summed E-state index contributed by atoms with van der Waals surface area (Å²) >= 11 is 21.8. The van der Waals surface area contributed by atoms with Gasteiger partial charge in [0.25, 0.3) is 0 Å². The zero-order chi connectivity index (χ0) is 9.30. The molecular weight excluding hydrogens is 249 g/mol. The van der Waals surface area contributed by atoms with Gasteiger partial charge in [0.05, 0.1) is 5.69 Å². The topological polar surface area (TPSA) is 25.8 Å². The zero-order valence-corrected chi connectivity index (χ0v) is 8.39. The molecule has 0 saturated carbocycles. The monoisotopic (exact) mass is 248 g/mol. The Balaban J connectivity index is 3.28. The van der Waals surface area contributed by atoms with E-state index in [0.29, 0.717) is 0 Å². The maximum Gasteiger partial charge on any atom is 0.310 e. The predicted molar refractivity (Wildman–Crippen MR) is 46.5 cm³/mol. The van der Waals surface area contributed by atoms with Gasteiger partial charge in [-0.2, -0.15) is 9.37 Å². The van der Waals surface area contributed by atoms with E-state index >= 15 is 0 Å². The van der Waals surface area contributed by atoms with E-state index in [1.165, 1.54) is 0 Å². The Bertz CT molecular complexity index is 304. The summed E-state index contributed by atoms with van der Waals surface area (Å²) < 4.78 is 12.5. The van der Waals surface area contributed by atoms with Crippen LogP contribution in [0.25, 0.3) is 0 Å². The minimum absolute atomic E-state index is 0.0301. The third-order valence-electron chi connectivity index (χ3n) is 1.02. The minimum Gasteiger partial charge on any atom is -0.203 e.